The number of morpholine rings is 1. The summed E-state index contributed by atoms with van der Waals surface area (Å²) in [6.07, 6.45) is 0.334. The highest BCUT2D eigenvalue weighted by molar-refractivity contribution is 7.99. The van der Waals surface area contributed by atoms with Crippen molar-refractivity contribution in [2.45, 2.75) is 25.2 Å². The molecule has 1 atom stereocenters. The fraction of sp³-hybridized carbons (Fsp3) is 0.571. The highest BCUT2D eigenvalue weighted by Crippen LogP contribution is 2.29. The molecule has 0 spiro atoms. The van der Waals surface area contributed by atoms with E-state index in [1.54, 1.807) is 23.1 Å². The zero-order valence-electron chi connectivity index (χ0n) is 12.2. The van der Waals surface area contributed by atoms with Gasteiger partial charge in [0.1, 0.15) is 0 Å². The lowest BCUT2D eigenvalue weighted by Crippen LogP contribution is -2.42. The maximum absolute atomic E-state index is 5.73. The molecule has 114 valence electrons. The van der Waals surface area contributed by atoms with Crippen LogP contribution in [-0.2, 0) is 4.74 Å². The molecule has 2 aromatic rings. The lowest BCUT2D eigenvalue weighted by molar-refractivity contribution is -0.0158. The van der Waals surface area contributed by atoms with Crippen molar-refractivity contribution in [1.29, 1.82) is 0 Å². The van der Waals surface area contributed by atoms with E-state index in [1.807, 2.05) is 5.38 Å². The molecule has 1 aliphatic rings. The van der Waals surface area contributed by atoms with Crippen molar-refractivity contribution in [3.8, 4) is 10.8 Å². The van der Waals surface area contributed by atoms with Gasteiger partial charge < -0.3 is 9.15 Å². The van der Waals surface area contributed by atoms with Gasteiger partial charge in [-0.3, -0.25) is 4.90 Å². The van der Waals surface area contributed by atoms with Crippen molar-refractivity contribution in [3.63, 3.8) is 0 Å². The maximum Gasteiger partial charge on any atom is 0.276 e. The van der Waals surface area contributed by atoms with Crippen molar-refractivity contribution in [3.05, 3.63) is 17.0 Å². The second kappa shape index (κ2) is 6.91. The minimum absolute atomic E-state index is 0.334. The van der Waals surface area contributed by atoms with E-state index in [-0.39, 0.29) is 0 Å². The maximum atomic E-state index is 5.73. The van der Waals surface area contributed by atoms with E-state index in [2.05, 4.69) is 35.0 Å². The number of thioether (sulfide) groups is 1. The summed E-state index contributed by atoms with van der Waals surface area (Å²) in [7, 11) is 0. The highest BCUT2D eigenvalue weighted by atomic mass is 32.2. The van der Waals surface area contributed by atoms with E-state index >= 15 is 0 Å². The third-order valence-electron chi connectivity index (χ3n) is 3.42. The Morgan fingerprint density at radius 1 is 1.48 bits per heavy atom. The fourth-order valence-electron chi connectivity index (χ4n) is 2.31. The van der Waals surface area contributed by atoms with Crippen LogP contribution < -0.4 is 0 Å². The Kier molecular flexibility index (Phi) is 4.95. The van der Waals surface area contributed by atoms with Gasteiger partial charge in [-0.1, -0.05) is 11.8 Å². The summed E-state index contributed by atoms with van der Waals surface area (Å²) >= 11 is 3.26. The normalized spacial score (nSPS) is 20.0. The minimum Gasteiger partial charge on any atom is -0.410 e. The van der Waals surface area contributed by atoms with Gasteiger partial charge in [0.2, 0.25) is 0 Å². The van der Waals surface area contributed by atoms with E-state index in [4.69, 9.17) is 9.15 Å². The van der Waals surface area contributed by atoms with Crippen molar-refractivity contribution in [1.82, 2.24) is 15.1 Å². The summed E-state index contributed by atoms with van der Waals surface area (Å²) in [5.41, 5.74) is 1.18. The Balaban J connectivity index is 1.50. The van der Waals surface area contributed by atoms with E-state index in [0.717, 1.165) is 36.9 Å². The zero-order valence-corrected chi connectivity index (χ0v) is 13.9. The van der Waals surface area contributed by atoms with Gasteiger partial charge in [0.25, 0.3) is 11.1 Å². The molecule has 3 rings (SSSR count). The van der Waals surface area contributed by atoms with Crippen LogP contribution in [0.4, 0.5) is 0 Å². The first-order valence-corrected chi connectivity index (χ1v) is 8.93. The van der Waals surface area contributed by atoms with Crippen LogP contribution in [0.15, 0.2) is 21.1 Å². The lowest BCUT2D eigenvalue weighted by atomic mass is 10.3. The van der Waals surface area contributed by atoms with E-state index in [9.17, 15) is 0 Å². The van der Waals surface area contributed by atoms with Gasteiger partial charge >= 0.3 is 0 Å². The second-order valence-electron chi connectivity index (χ2n) is 5.14. The first-order chi connectivity index (χ1) is 10.2. The van der Waals surface area contributed by atoms with Crippen LogP contribution in [0.1, 0.15) is 12.5 Å². The monoisotopic (exact) mass is 325 g/mol. The standard InChI is InChI=1S/C14H19N3O2S2/c1-10-3-7-20-12(10)13-15-16-14(19-13)21-8-5-17-4-6-18-11(2)9-17/h3,7,11H,4-6,8-9H2,1-2H3. The molecule has 1 saturated heterocycles. The largest absolute Gasteiger partial charge is 0.410 e. The number of aromatic nitrogens is 2. The minimum atomic E-state index is 0.334. The molecule has 0 aromatic carbocycles. The fourth-order valence-corrected chi connectivity index (χ4v) is 3.91. The third-order valence-corrected chi connectivity index (χ3v) is 5.22. The van der Waals surface area contributed by atoms with Gasteiger partial charge in [0, 0.05) is 25.4 Å². The molecule has 0 amide bonds. The summed E-state index contributed by atoms with van der Waals surface area (Å²) in [5.74, 6) is 1.59. The summed E-state index contributed by atoms with van der Waals surface area (Å²) in [4.78, 5) is 3.48. The Bertz CT molecular complexity index is 584. The highest BCUT2D eigenvalue weighted by Gasteiger charge is 2.17. The molecule has 0 N–H and O–H groups in total. The van der Waals surface area contributed by atoms with E-state index in [1.165, 1.54) is 5.56 Å². The molecule has 0 bridgehead atoms. The average Bonchev–Trinajstić information content (AvgIpc) is 3.07. The van der Waals surface area contributed by atoms with Gasteiger partial charge in [-0.15, -0.1) is 21.5 Å². The van der Waals surface area contributed by atoms with Gasteiger partial charge in [-0.05, 0) is 30.9 Å². The molecule has 0 saturated carbocycles. The molecular weight excluding hydrogens is 306 g/mol. The first-order valence-electron chi connectivity index (χ1n) is 7.07. The molecule has 0 radical (unpaired) electrons. The van der Waals surface area contributed by atoms with Crippen LogP contribution >= 0.6 is 23.1 Å². The second-order valence-corrected chi connectivity index (χ2v) is 7.10. The Hall–Kier alpha value is -0.890. The molecule has 3 heterocycles. The van der Waals surface area contributed by atoms with Crippen LogP contribution in [0.25, 0.3) is 10.8 Å². The molecule has 1 aliphatic heterocycles. The quantitative estimate of drug-likeness (QED) is 0.788. The Morgan fingerprint density at radius 3 is 3.14 bits per heavy atom. The van der Waals surface area contributed by atoms with Crippen molar-refractivity contribution >= 4 is 23.1 Å². The molecule has 7 heteroatoms. The Labute approximate surface area is 132 Å². The number of hydrogen-bond acceptors (Lipinski definition) is 7. The first kappa shape index (κ1) is 15.0. The predicted octanol–water partition coefficient (Wildman–Crippen LogP) is 2.92. The van der Waals surface area contributed by atoms with Crippen LogP contribution in [0.3, 0.4) is 0 Å². The van der Waals surface area contributed by atoms with Crippen molar-refractivity contribution in [2.75, 3.05) is 32.0 Å². The van der Waals surface area contributed by atoms with Crippen LogP contribution in [-0.4, -0.2) is 53.2 Å². The zero-order chi connectivity index (χ0) is 14.7. The van der Waals surface area contributed by atoms with Crippen LogP contribution in [0.5, 0.6) is 0 Å². The van der Waals surface area contributed by atoms with Crippen molar-refractivity contribution < 1.29 is 9.15 Å². The Morgan fingerprint density at radius 2 is 2.38 bits per heavy atom. The number of aryl methyl sites for hydroxylation is 1. The third kappa shape index (κ3) is 3.85. The number of nitrogens with zero attached hydrogens (tertiary/aromatic N) is 3. The number of rotatable bonds is 5. The smallest absolute Gasteiger partial charge is 0.276 e. The van der Waals surface area contributed by atoms with Crippen molar-refractivity contribution in [2.24, 2.45) is 0 Å². The summed E-state index contributed by atoms with van der Waals surface area (Å²) < 4.78 is 11.3. The number of hydrogen-bond donors (Lipinski definition) is 0. The van der Waals surface area contributed by atoms with Gasteiger partial charge in [-0.25, -0.2) is 0 Å². The molecule has 21 heavy (non-hydrogen) atoms. The van der Waals surface area contributed by atoms with Crippen LogP contribution in [0.2, 0.25) is 0 Å². The topological polar surface area (TPSA) is 51.4 Å². The van der Waals surface area contributed by atoms with E-state index in [0.29, 0.717) is 17.2 Å². The molecule has 2 aromatic heterocycles. The van der Waals surface area contributed by atoms with Gasteiger partial charge in [0.05, 0.1) is 17.6 Å². The summed E-state index contributed by atoms with van der Waals surface area (Å²) in [6.45, 7) is 8.04. The predicted molar refractivity (Wildman–Crippen MR) is 84.9 cm³/mol. The SMILES string of the molecule is Cc1ccsc1-c1nnc(SCCN2CCOC(C)C2)o1. The van der Waals surface area contributed by atoms with Gasteiger partial charge in [0.15, 0.2) is 0 Å². The lowest BCUT2D eigenvalue weighted by Gasteiger charge is -2.30. The number of thiophene rings is 1. The summed E-state index contributed by atoms with van der Waals surface area (Å²) in [6, 6.07) is 2.07. The van der Waals surface area contributed by atoms with E-state index < -0.39 is 0 Å². The van der Waals surface area contributed by atoms with Crippen LogP contribution in [0, 0.1) is 6.92 Å². The van der Waals surface area contributed by atoms with Gasteiger partial charge in [-0.2, -0.15) is 0 Å². The molecule has 1 fully saturated rings. The molecule has 5 nitrogen and oxygen atoms in total. The average molecular weight is 325 g/mol. The summed E-state index contributed by atoms with van der Waals surface area (Å²) in [5, 5.41) is 11.0. The molecule has 1 unspecified atom stereocenters. The molecule has 0 aliphatic carbocycles. The number of ether oxygens (including phenoxy) is 1. The molecular formula is C14H19N3O2S2.